The number of carbonyl (C=O) groups excluding carboxylic acids is 1. The van der Waals surface area contributed by atoms with Gasteiger partial charge < -0.3 is 15.2 Å². The summed E-state index contributed by atoms with van der Waals surface area (Å²) in [5.74, 6) is -1.12. The van der Waals surface area contributed by atoms with Gasteiger partial charge in [-0.25, -0.2) is 4.79 Å². The highest BCUT2D eigenvalue weighted by Crippen LogP contribution is 2.25. The van der Waals surface area contributed by atoms with Crippen molar-refractivity contribution in [1.29, 1.82) is 0 Å². The molecule has 0 radical (unpaired) electrons. The van der Waals surface area contributed by atoms with Gasteiger partial charge in [0.15, 0.2) is 6.61 Å². The van der Waals surface area contributed by atoms with Gasteiger partial charge in [-0.2, -0.15) is 0 Å². The molecular formula is C14H12ClNO4S. The summed E-state index contributed by atoms with van der Waals surface area (Å²) in [5, 5.41) is 13.5. The normalized spacial score (nSPS) is 10.2. The number of carbonyl (C=O) groups is 2. The summed E-state index contributed by atoms with van der Waals surface area (Å²) in [6, 6.07) is 6.78. The molecular weight excluding hydrogens is 314 g/mol. The van der Waals surface area contributed by atoms with Crippen LogP contribution < -0.4 is 10.1 Å². The molecule has 0 aliphatic rings. The molecule has 5 nitrogen and oxygen atoms in total. The van der Waals surface area contributed by atoms with Gasteiger partial charge in [-0.15, -0.1) is 11.3 Å². The molecule has 1 aromatic carbocycles. The molecule has 7 heteroatoms. The largest absolute Gasteiger partial charge is 0.482 e. The summed E-state index contributed by atoms with van der Waals surface area (Å²) in [6.45, 7) is 1.63. The van der Waals surface area contributed by atoms with Crippen LogP contribution in [-0.4, -0.2) is 23.6 Å². The van der Waals surface area contributed by atoms with Crippen molar-refractivity contribution < 1.29 is 19.4 Å². The summed E-state index contributed by atoms with van der Waals surface area (Å²) in [6.07, 6.45) is 0. The van der Waals surface area contributed by atoms with Gasteiger partial charge in [0, 0.05) is 0 Å². The number of anilines is 1. The number of halogens is 1. The lowest BCUT2D eigenvalue weighted by molar-refractivity contribution is -0.118. The number of carboxylic acid groups (broad SMARTS) is 1. The number of aromatic carboxylic acids is 1. The average molecular weight is 326 g/mol. The topological polar surface area (TPSA) is 75.6 Å². The number of hydrogen-bond donors (Lipinski definition) is 2. The van der Waals surface area contributed by atoms with Crippen LogP contribution in [0.4, 0.5) is 5.69 Å². The Balaban J connectivity index is 1.98. The molecule has 1 amide bonds. The monoisotopic (exact) mass is 325 g/mol. The first-order chi connectivity index (χ1) is 9.97. The summed E-state index contributed by atoms with van der Waals surface area (Å²) in [7, 11) is 0. The summed E-state index contributed by atoms with van der Waals surface area (Å²) in [5.41, 5.74) is 1.22. The zero-order valence-corrected chi connectivity index (χ0v) is 12.6. The number of carboxylic acids is 1. The van der Waals surface area contributed by atoms with Gasteiger partial charge in [-0.3, -0.25) is 4.79 Å². The number of hydrogen-bond acceptors (Lipinski definition) is 4. The molecule has 0 atom stereocenters. The Morgan fingerprint density at radius 3 is 2.86 bits per heavy atom. The first kappa shape index (κ1) is 15.3. The lowest BCUT2D eigenvalue weighted by Gasteiger charge is -2.09. The van der Waals surface area contributed by atoms with Crippen LogP contribution in [0.3, 0.4) is 0 Å². The molecule has 110 valence electrons. The third kappa shape index (κ3) is 3.96. The van der Waals surface area contributed by atoms with Gasteiger partial charge in [0.05, 0.1) is 10.7 Å². The molecule has 2 rings (SSSR count). The second-order valence-corrected chi connectivity index (χ2v) is 5.56. The van der Waals surface area contributed by atoms with Crippen molar-refractivity contribution in [3.8, 4) is 5.75 Å². The van der Waals surface area contributed by atoms with Crippen LogP contribution in [0.5, 0.6) is 5.75 Å². The van der Waals surface area contributed by atoms with Gasteiger partial charge >= 0.3 is 5.97 Å². The molecule has 1 aromatic heterocycles. The number of amides is 1. The molecule has 0 aliphatic heterocycles. The maximum atomic E-state index is 11.8. The highest BCUT2D eigenvalue weighted by atomic mass is 35.5. The van der Waals surface area contributed by atoms with Crippen molar-refractivity contribution in [3.05, 3.63) is 45.1 Å². The molecule has 0 saturated carbocycles. The van der Waals surface area contributed by atoms with Crippen molar-refractivity contribution in [2.24, 2.45) is 0 Å². The summed E-state index contributed by atoms with van der Waals surface area (Å²) in [4.78, 5) is 22.8. The Hall–Kier alpha value is -2.05. The quantitative estimate of drug-likeness (QED) is 0.883. The number of benzene rings is 1. The van der Waals surface area contributed by atoms with E-state index in [0.29, 0.717) is 10.8 Å². The Bertz CT molecular complexity index is 683. The number of rotatable bonds is 5. The summed E-state index contributed by atoms with van der Waals surface area (Å²) >= 11 is 7.00. The lowest BCUT2D eigenvalue weighted by Crippen LogP contribution is -2.21. The van der Waals surface area contributed by atoms with E-state index in [1.54, 1.807) is 17.5 Å². The standard InChI is InChI=1S/C14H12ClNO4S/c1-8-2-3-9(15)11(6-8)20-7-12(17)16-10-4-5-21-13(10)14(18)19/h2-6H,7H2,1H3,(H,16,17)(H,18,19). The average Bonchev–Trinajstić information content (AvgIpc) is 2.88. The highest BCUT2D eigenvalue weighted by molar-refractivity contribution is 7.12. The Morgan fingerprint density at radius 1 is 1.38 bits per heavy atom. The van der Waals surface area contributed by atoms with Crippen LogP contribution in [0.1, 0.15) is 15.2 Å². The Labute approximate surface area is 130 Å². The van der Waals surface area contributed by atoms with Gasteiger partial charge in [0.1, 0.15) is 10.6 Å². The van der Waals surface area contributed by atoms with Gasteiger partial charge in [0.25, 0.3) is 5.91 Å². The van der Waals surface area contributed by atoms with E-state index < -0.39 is 11.9 Å². The third-order valence-corrected chi connectivity index (χ3v) is 3.79. The second-order valence-electron chi connectivity index (χ2n) is 4.24. The number of aryl methyl sites for hydroxylation is 1. The van der Waals surface area contributed by atoms with E-state index >= 15 is 0 Å². The van der Waals surface area contributed by atoms with Crippen molar-refractivity contribution in [3.63, 3.8) is 0 Å². The predicted octanol–water partition coefficient (Wildman–Crippen LogP) is 3.43. The van der Waals surface area contributed by atoms with E-state index in [4.69, 9.17) is 21.4 Å². The van der Waals surface area contributed by atoms with E-state index in [0.717, 1.165) is 16.9 Å². The molecule has 0 fully saturated rings. The highest BCUT2D eigenvalue weighted by Gasteiger charge is 2.14. The van der Waals surface area contributed by atoms with E-state index in [-0.39, 0.29) is 17.2 Å². The van der Waals surface area contributed by atoms with Crippen LogP contribution in [0.25, 0.3) is 0 Å². The molecule has 2 N–H and O–H groups in total. The van der Waals surface area contributed by atoms with Gasteiger partial charge in [-0.05, 0) is 36.1 Å². The Morgan fingerprint density at radius 2 is 2.14 bits per heavy atom. The van der Waals surface area contributed by atoms with Gasteiger partial charge in [0.2, 0.25) is 0 Å². The van der Waals surface area contributed by atoms with Crippen LogP contribution in [0.2, 0.25) is 5.02 Å². The van der Waals surface area contributed by atoms with Crippen molar-refractivity contribution in [1.82, 2.24) is 0 Å². The fourth-order valence-electron chi connectivity index (χ4n) is 1.62. The third-order valence-electron chi connectivity index (χ3n) is 2.58. The SMILES string of the molecule is Cc1ccc(Cl)c(OCC(=O)Nc2ccsc2C(=O)O)c1. The molecule has 1 heterocycles. The van der Waals surface area contributed by atoms with Crippen LogP contribution in [0.15, 0.2) is 29.6 Å². The molecule has 0 unspecified atom stereocenters. The van der Waals surface area contributed by atoms with Crippen LogP contribution in [0, 0.1) is 6.92 Å². The molecule has 0 saturated heterocycles. The maximum Gasteiger partial charge on any atom is 0.348 e. The maximum absolute atomic E-state index is 11.8. The molecule has 0 aliphatic carbocycles. The smallest absolute Gasteiger partial charge is 0.348 e. The number of thiophene rings is 1. The van der Waals surface area contributed by atoms with E-state index in [9.17, 15) is 9.59 Å². The van der Waals surface area contributed by atoms with Crippen molar-refractivity contribution >= 4 is 40.5 Å². The van der Waals surface area contributed by atoms with E-state index in [1.165, 1.54) is 6.07 Å². The first-order valence-electron chi connectivity index (χ1n) is 5.97. The lowest BCUT2D eigenvalue weighted by atomic mass is 10.2. The van der Waals surface area contributed by atoms with E-state index in [1.807, 2.05) is 13.0 Å². The van der Waals surface area contributed by atoms with Gasteiger partial charge in [-0.1, -0.05) is 17.7 Å². The van der Waals surface area contributed by atoms with Crippen molar-refractivity contribution in [2.45, 2.75) is 6.92 Å². The molecule has 21 heavy (non-hydrogen) atoms. The molecule has 2 aromatic rings. The fraction of sp³-hybridized carbons (Fsp3) is 0.143. The van der Waals surface area contributed by atoms with Crippen LogP contribution in [-0.2, 0) is 4.79 Å². The minimum atomic E-state index is -1.08. The summed E-state index contributed by atoms with van der Waals surface area (Å²) < 4.78 is 5.34. The molecule has 0 spiro atoms. The fourth-order valence-corrected chi connectivity index (χ4v) is 2.48. The second kappa shape index (κ2) is 6.60. The van der Waals surface area contributed by atoms with Crippen LogP contribution >= 0.6 is 22.9 Å². The van der Waals surface area contributed by atoms with Crippen molar-refractivity contribution in [2.75, 3.05) is 11.9 Å². The predicted molar refractivity (Wildman–Crippen MR) is 81.6 cm³/mol. The van der Waals surface area contributed by atoms with E-state index in [2.05, 4.69) is 5.32 Å². The Kier molecular flexibility index (Phi) is 4.82. The minimum absolute atomic E-state index is 0.0805. The minimum Gasteiger partial charge on any atom is -0.482 e. The molecule has 0 bridgehead atoms. The number of ether oxygens (including phenoxy) is 1. The zero-order chi connectivity index (χ0) is 15.4. The first-order valence-corrected chi connectivity index (χ1v) is 7.22. The zero-order valence-electron chi connectivity index (χ0n) is 11.1. The number of nitrogens with one attached hydrogen (secondary N) is 1.